The minimum absolute atomic E-state index is 0.0604. The van der Waals surface area contributed by atoms with Gasteiger partial charge in [-0.1, -0.05) is 0 Å². The van der Waals surface area contributed by atoms with Gasteiger partial charge in [0.15, 0.2) is 0 Å². The van der Waals surface area contributed by atoms with Gasteiger partial charge in [-0.05, 0) is 19.8 Å². The molecule has 1 saturated carbocycles. The molecule has 1 aliphatic rings. The summed E-state index contributed by atoms with van der Waals surface area (Å²) in [6, 6.07) is 0.718. The van der Waals surface area contributed by atoms with Crippen molar-refractivity contribution in [3.63, 3.8) is 0 Å². The maximum absolute atomic E-state index is 5.31. The topological polar surface area (TPSA) is 43.4 Å². The Morgan fingerprint density at radius 1 is 1.47 bits per heavy atom. The molecule has 5 heteroatoms. The second kappa shape index (κ2) is 5.91. The van der Waals surface area contributed by atoms with Gasteiger partial charge in [0.1, 0.15) is 11.1 Å². The molecule has 1 aromatic heterocycles. The van der Waals surface area contributed by atoms with E-state index in [4.69, 9.17) is 9.47 Å². The Bertz CT molecular complexity index is 363. The highest BCUT2D eigenvalue weighted by Crippen LogP contribution is 2.27. The number of nitrogens with one attached hydrogen (secondary N) is 1. The molecule has 1 atom stereocenters. The third-order valence-electron chi connectivity index (χ3n) is 2.91. The van der Waals surface area contributed by atoms with E-state index in [9.17, 15) is 0 Å². The van der Waals surface area contributed by atoms with E-state index in [0.29, 0.717) is 6.61 Å². The van der Waals surface area contributed by atoms with Gasteiger partial charge < -0.3 is 14.8 Å². The molecule has 1 unspecified atom stereocenters. The fourth-order valence-corrected chi connectivity index (χ4v) is 2.64. The minimum Gasteiger partial charge on any atom is -0.378 e. The first-order valence-corrected chi connectivity index (χ1v) is 6.79. The summed E-state index contributed by atoms with van der Waals surface area (Å²) >= 11 is 1.72. The van der Waals surface area contributed by atoms with Gasteiger partial charge in [-0.25, -0.2) is 4.98 Å². The van der Waals surface area contributed by atoms with E-state index in [1.807, 2.05) is 6.92 Å². The molecular weight excluding hydrogens is 236 g/mol. The first-order chi connectivity index (χ1) is 8.24. The molecule has 0 radical (unpaired) electrons. The van der Waals surface area contributed by atoms with E-state index >= 15 is 0 Å². The van der Waals surface area contributed by atoms with E-state index < -0.39 is 0 Å². The fraction of sp³-hybridized carbons (Fsp3) is 0.750. The van der Waals surface area contributed by atoms with Crippen molar-refractivity contribution in [1.82, 2.24) is 10.3 Å². The number of hydrogen-bond acceptors (Lipinski definition) is 5. The van der Waals surface area contributed by atoms with Crippen LogP contribution in [0, 0.1) is 0 Å². The zero-order chi connectivity index (χ0) is 12.3. The molecule has 1 fully saturated rings. The fourth-order valence-electron chi connectivity index (χ4n) is 1.59. The van der Waals surface area contributed by atoms with Crippen molar-refractivity contribution in [2.75, 3.05) is 14.2 Å². The van der Waals surface area contributed by atoms with Crippen molar-refractivity contribution in [1.29, 1.82) is 0 Å². The van der Waals surface area contributed by atoms with Gasteiger partial charge in [0.05, 0.1) is 12.3 Å². The number of aromatic nitrogens is 1. The minimum atomic E-state index is 0.0604. The second-order valence-electron chi connectivity index (χ2n) is 4.39. The summed E-state index contributed by atoms with van der Waals surface area (Å²) in [6.07, 6.45) is 2.67. The molecule has 0 aromatic carbocycles. The van der Waals surface area contributed by atoms with Crippen molar-refractivity contribution in [3.05, 3.63) is 15.6 Å². The van der Waals surface area contributed by atoms with Gasteiger partial charge in [0.2, 0.25) is 0 Å². The van der Waals surface area contributed by atoms with Crippen LogP contribution in [0.25, 0.3) is 0 Å². The van der Waals surface area contributed by atoms with E-state index in [0.717, 1.165) is 23.3 Å². The number of rotatable bonds is 7. The first-order valence-electron chi connectivity index (χ1n) is 5.98. The van der Waals surface area contributed by atoms with Crippen molar-refractivity contribution >= 4 is 11.3 Å². The van der Waals surface area contributed by atoms with Crippen LogP contribution in [0.15, 0.2) is 0 Å². The molecule has 1 aromatic rings. The number of ether oxygens (including phenoxy) is 2. The molecule has 1 aliphatic carbocycles. The van der Waals surface area contributed by atoms with Crippen LogP contribution < -0.4 is 5.32 Å². The molecule has 0 amide bonds. The summed E-state index contributed by atoms with van der Waals surface area (Å²) in [5.74, 6) is 0. The lowest BCUT2D eigenvalue weighted by Gasteiger charge is -2.03. The highest BCUT2D eigenvalue weighted by atomic mass is 32.1. The SMILES string of the molecule is COCc1nc(C(C)OC)sc1CNC1CC1. The molecule has 2 rings (SSSR count). The Balaban J connectivity index is 2.05. The summed E-state index contributed by atoms with van der Waals surface area (Å²) in [5.41, 5.74) is 1.05. The van der Waals surface area contributed by atoms with Crippen molar-refractivity contribution in [3.8, 4) is 0 Å². The maximum Gasteiger partial charge on any atom is 0.122 e. The van der Waals surface area contributed by atoms with Gasteiger partial charge in [-0.15, -0.1) is 11.3 Å². The van der Waals surface area contributed by atoms with Crippen LogP contribution in [0.2, 0.25) is 0 Å². The second-order valence-corrected chi connectivity index (χ2v) is 5.50. The van der Waals surface area contributed by atoms with Gasteiger partial charge in [-0.3, -0.25) is 0 Å². The quantitative estimate of drug-likeness (QED) is 0.812. The van der Waals surface area contributed by atoms with Crippen LogP contribution in [0.5, 0.6) is 0 Å². The normalized spacial score (nSPS) is 17.4. The predicted molar refractivity (Wildman–Crippen MR) is 68.1 cm³/mol. The Morgan fingerprint density at radius 2 is 2.24 bits per heavy atom. The molecule has 0 aliphatic heterocycles. The molecule has 0 spiro atoms. The van der Waals surface area contributed by atoms with Crippen LogP contribution in [0.4, 0.5) is 0 Å². The van der Waals surface area contributed by atoms with Crippen LogP contribution in [0.3, 0.4) is 0 Å². The standard InChI is InChI=1S/C12H20N2O2S/c1-8(16-3)12-14-10(7-15-2)11(17-12)6-13-9-4-5-9/h8-9,13H,4-7H2,1-3H3. The summed E-state index contributed by atoms with van der Waals surface area (Å²) in [6.45, 7) is 3.50. The number of methoxy groups -OCH3 is 2. The smallest absolute Gasteiger partial charge is 0.122 e. The third-order valence-corrected chi connectivity index (χ3v) is 4.16. The highest BCUT2D eigenvalue weighted by Gasteiger charge is 2.22. The van der Waals surface area contributed by atoms with Crippen molar-refractivity contribution in [2.45, 2.75) is 45.1 Å². The molecule has 4 nitrogen and oxygen atoms in total. The third kappa shape index (κ3) is 3.48. The van der Waals surface area contributed by atoms with Crippen LogP contribution >= 0.6 is 11.3 Å². The van der Waals surface area contributed by atoms with Gasteiger partial charge in [0, 0.05) is 31.7 Å². The van der Waals surface area contributed by atoms with Crippen LogP contribution in [-0.2, 0) is 22.6 Å². The van der Waals surface area contributed by atoms with E-state index in [1.165, 1.54) is 17.7 Å². The molecule has 1 N–H and O–H groups in total. The van der Waals surface area contributed by atoms with E-state index in [2.05, 4.69) is 10.3 Å². The lowest BCUT2D eigenvalue weighted by atomic mass is 10.3. The number of nitrogens with zero attached hydrogens (tertiary/aromatic N) is 1. The van der Waals surface area contributed by atoms with Gasteiger partial charge >= 0.3 is 0 Å². The van der Waals surface area contributed by atoms with Gasteiger partial charge in [-0.2, -0.15) is 0 Å². The summed E-state index contributed by atoms with van der Waals surface area (Å²) in [5, 5.41) is 4.55. The average molecular weight is 256 g/mol. The molecule has 0 saturated heterocycles. The van der Waals surface area contributed by atoms with Crippen LogP contribution in [0.1, 0.15) is 41.4 Å². The summed E-state index contributed by atoms with van der Waals surface area (Å²) < 4.78 is 10.5. The maximum atomic E-state index is 5.31. The van der Waals surface area contributed by atoms with Crippen molar-refractivity contribution in [2.24, 2.45) is 0 Å². The zero-order valence-corrected chi connectivity index (χ0v) is 11.5. The Kier molecular flexibility index (Phi) is 4.50. The number of hydrogen-bond donors (Lipinski definition) is 1. The van der Waals surface area contributed by atoms with E-state index in [1.54, 1.807) is 25.6 Å². The summed E-state index contributed by atoms with van der Waals surface area (Å²) in [4.78, 5) is 5.87. The predicted octanol–water partition coefficient (Wildman–Crippen LogP) is 2.25. The number of thiazole rings is 1. The van der Waals surface area contributed by atoms with Crippen molar-refractivity contribution < 1.29 is 9.47 Å². The Morgan fingerprint density at radius 3 is 2.82 bits per heavy atom. The largest absolute Gasteiger partial charge is 0.378 e. The molecule has 1 heterocycles. The first kappa shape index (κ1) is 13.0. The van der Waals surface area contributed by atoms with E-state index in [-0.39, 0.29) is 6.10 Å². The van der Waals surface area contributed by atoms with Crippen LogP contribution in [-0.4, -0.2) is 25.2 Å². The monoisotopic (exact) mass is 256 g/mol. The molecule has 96 valence electrons. The molecule has 17 heavy (non-hydrogen) atoms. The zero-order valence-electron chi connectivity index (χ0n) is 10.7. The highest BCUT2D eigenvalue weighted by molar-refractivity contribution is 7.11. The Hall–Kier alpha value is -0.490. The lowest BCUT2D eigenvalue weighted by molar-refractivity contribution is 0.118. The molecular formula is C12H20N2O2S. The average Bonchev–Trinajstić information content (AvgIpc) is 3.08. The summed E-state index contributed by atoms with van der Waals surface area (Å²) in [7, 11) is 3.42. The lowest BCUT2D eigenvalue weighted by Crippen LogP contribution is -2.15. The Labute approximate surface area is 106 Å². The van der Waals surface area contributed by atoms with Gasteiger partial charge in [0.25, 0.3) is 0 Å². The molecule has 0 bridgehead atoms.